The number of aliphatic hydroxyl groups is 1. The summed E-state index contributed by atoms with van der Waals surface area (Å²) in [5.41, 5.74) is 0. The highest BCUT2D eigenvalue weighted by Gasteiger charge is 2.14. The maximum Gasteiger partial charge on any atom is 0.267 e. The summed E-state index contributed by atoms with van der Waals surface area (Å²) in [6, 6.07) is 0. The van der Waals surface area contributed by atoms with Gasteiger partial charge in [-0.1, -0.05) is 0 Å². The van der Waals surface area contributed by atoms with Crippen molar-refractivity contribution in [2.24, 2.45) is 0 Å². The smallest absolute Gasteiger partial charge is 0.267 e. The largest absolute Gasteiger partial charge is 0.395 e. The van der Waals surface area contributed by atoms with Crippen LogP contribution in [0.5, 0.6) is 0 Å². The van der Waals surface area contributed by atoms with E-state index >= 15 is 0 Å². The van der Waals surface area contributed by atoms with Crippen LogP contribution in [0, 0.1) is 0 Å². The minimum absolute atomic E-state index is 0.292. The third-order valence-corrected chi connectivity index (χ3v) is 2.36. The summed E-state index contributed by atoms with van der Waals surface area (Å²) >= 11 is 0. The van der Waals surface area contributed by atoms with Crippen LogP contribution in [-0.4, -0.2) is 54.8 Å². The second-order valence-electron chi connectivity index (χ2n) is 2.93. The van der Waals surface area contributed by atoms with Gasteiger partial charge in [0, 0.05) is 20.0 Å². The van der Waals surface area contributed by atoms with Crippen LogP contribution in [0.3, 0.4) is 0 Å². The van der Waals surface area contributed by atoms with Crippen molar-refractivity contribution < 1.29 is 22.9 Å². The van der Waals surface area contributed by atoms with Crippen molar-refractivity contribution in [1.82, 2.24) is 4.90 Å². The molecule has 1 aliphatic rings. The van der Waals surface area contributed by atoms with Crippen molar-refractivity contribution >= 4 is 16.0 Å². The molecular formula is C7H15NO5S. The van der Waals surface area contributed by atoms with Crippen LogP contribution in [0.25, 0.3) is 0 Å². The molecule has 0 spiro atoms. The van der Waals surface area contributed by atoms with Gasteiger partial charge in [0.15, 0.2) is 0 Å². The van der Waals surface area contributed by atoms with Crippen molar-refractivity contribution in [3.8, 4) is 0 Å². The molecule has 14 heavy (non-hydrogen) atoms. The first kappa shape index (κ1) is 13.3. The normalized spacial score (nSPS) is 16.5. The summed E-state index contributed by atoms with van der Waals surface area (Å²) in [5, 5.41) is 7.86. The Hall–Kier alpha value is -0.660. The molecule has 1 heterocycles. The van der Waals surface area contributed by atoms with E-state index in [2.05, 4.69) is 0 Å². The Bertz CT molecular complexity index is 274. The Morgan fingerprint density at radius 1 is 1.50 bits per heavy atom. The minimum Gasteiger partial charge on any atom is -0.395 e. The number of hydrogen-bond acceptors (Lipinski definition) is 4. The van der Waals surface area contributed by atoms with E-state index in [1.54, 1.807) is 4.90 Å². The fourth-order valence-electron chi connectivity index (χ4n) is 0.898. The number of rotatable bonds is 2. The molecule has 2 N–H and O–H groups in total. The molecule has 1 saturated heterocycles. The number of hydrogen-bond donors (Lipinski definition) is 2. The quantitative estimate of drug-likeness (QED) is 0.594. The highest BCUT2D eigenvalue weighted by Crippen LogP contribution is 2.04. The molecule has 0 aromatic carbocycles. The van der Waals surface area contributed by atoms with Crippen molar-refractivity contribution in [3.05, 3.63) is 0 Å². The molecule has 0 bridgehead atoms. The van der Waals surface area contributed by atoms with E-state index in [1.807, 2.05) is 7.05 Å². The lowest BCUT2D eigenvalue weighted by Crippen LogP contribution is -2.17. The molecule has 0 atom stereocenters. The maximum atomic E-state index is 10.5. The summed E-state index contributed by atoms with van der Waals surface area (Å²) in [5.74, 6) is -0.285. The first-order chi connectivity index (χ1) is 6.37. The summed E-state index contributed by atoms with van der Waals surface area (Å²) in [4.78, 5) is 12.3. The van der Waals surface area contributed by atoms with Gasteiger partial charge in [-0.15, -0.1) is 0 Å². The van der Waals surface area contributed by atoms with E-state index in [-0.39, 0.29) is 0 Å². The molecule has 1 rings (SSSR count). The van der Waals surface area contributed by atoms with Gasteiger partial charge in [-0.25, -0.2) is 0 Å². The lowest BCUT2D eigenvalue weighted by atomic mass is 10.4. The average Bonchev–Trinajstić information content (AvgIpc) is 2.35. The molecule has 0 saturated carbocycles. The summed E-state index contributed by atoms with van der Waals surface area (Å²) in [7, 11) is -2.08. The van der Waals surface area contributed by atoms with E-state index in [9.17, 15) is 13.2 Å². The van der Waals surface area contributed by atoms with E-state index in [1.165, 1.54) is 0 Å². The van der Waals surface area contributed by atoms with Crippen LogP contribution in [0.4, 0.5) is 0 Å². The van der Waals surface area contributed by atoms with E-state index in [0.717, 1.165) is 19.4 Å². The van der Waals surface area contributed by atoms with Gasteiger partial charge in [0.25, 0.3) is 10.1 Å². The van der Waals surface area contributed by atoms with Crippen LogP contribution in [0.15, 0.2) is 0 Å². The fourth-order valence-corrected chi connectivity index (χ4v) is 1.13. The van der Waals surface area contributed by atoms with Gasteiger partial charge in [0.2, 0.25) is 5.91 Å². The zero-order chi connectivity index (χ0) is 11.2. The monoisotopic (exact) mass is 225 g/mol. The Morgan fingerprint density at radius 3 is 2.14 bits per heavy atom. The van der Waals surface area contributed by atoms with E-state index < -0.39 is 22.5 Å². The number of nitrogens with zero attached hydrogens (tertiary/aromatic N) is 1. The maximum absolute atomic E-state index is 10.5. The number of likely N-dealkylation sites (tertiary alicyclic amines) is 1. The van der Waals surface area contributed by atoms with Gasteiger partial charge in [-0.3, -0.25) is 9.35 Å². The SMILES string of the molecule is CN1CCCC1=O.O=S(=O)(O)CCO. The third-order valence-electron chi connectivity index (χ3n) is 1.66. The zero-order valence-electron chi connectivity index (χ0n) is 8.01. The van der Waals surface area contributed by atoms with Crippen LogP contribution in [0.1, 0.15) is 12.8 Å². The molecule has 1 fully saturated rings. The van der Waals surface area contributed by atoms with Crippen molar-refractivity contribution in [3.63, 3.8) is 0 Å². The highest BCUT2D eigenvalue weighted by molar-refractivity contribution is 7.85. The first-order valence-electron chi connectivity index (χ1n) is 4.17. The van der Waals surface area contributed by atoms with Crippen molar-refractivity contribution in [2.45, 2.75) is 12.8 Å². The van der Waals surface area contributed by atoms with Crippen LogP contribution >= 0.6 is 0 Å². The predicted octanol–water partition coefficient (Wildman–Crippen LogP) is -0.895. The van der Waals surface area contributed by atoms with E-state index in [4.69, 9.17) is 9.66 Å². The fraction of sp³-hybridized carbons (Fsp3) is 0.857. The Labute approximate surface area is 83.3 Å². The Kier molecular flexibility index (Phi) is 5.66. The molecule has 0 aliphatic carbocycles. The predicted molar refractivity (Wildman–Crippen MR) is 50.4 cm³/mol. The second-order valence-corrected chi connectivity index (χ2v) is 4.50. The lowest BCUT2D eigenvalue weighted by Gasteiger charge is -2.03. The molecule has 6 nitrogen and oxygen atoms in total. The number of carbonyl (C=O) groups is 1. The molecule has 0 radical (unpaired) electrons. The molecular weight excluding hydrogens is 210 g/mol. The molecule has 7 heteroatoms. The number of carbonyl (C=O) groups excluding carboxylic acids is 1. The van der Waals surface area contributed by atoms with Crippen LogP contribution in [0.2, 0.25) is 0 Å². The molecule has 1 amide bonds. The lowest BCUT2D eigenvalue weighted by molar-refractivity contribution is -0.126. The Morgan fingerprint density at radius 2 is 2.07 bits per heavy atom. The van der Waals surface area contributed by atoms with Crippen LogP contribution < -0.4 is 0 Å². The summed E-state index contributed by atoms with van der Waals surface area (Å²) in [6.07, 6.45) is 1.81. The van der Waals surface area contributed by atoms with E-state index in [0.29, 0.717) is 5.91 Å². The minimum atomic E-state index is -3.92. The number of aliphatic hydroxyl groups excluding tert-OH is 1. The van der Waals surface area contributed by atoms with Gasteiger partial charge in [0.1, 0.15) is 0 Å². The van der Waals surface area contributed by atoms with Crippen molar-refractivity contribution in [2.75, 3.05) is 26.0 Å². The van der Waals surface area contributed by atoms with Gasteiger partial charge in [0.05, 0.1) is 12.4 Å². The highest BCUT2D eigenvalue weighted by atomic mass is 32.2. The Balaban J connectivity index is 0.000000241. The van der Waals surface area contributed by atoms with Gasteiger partial charge >= 0.3 is 0 Å². The summed E-state index contributed by atoms with van der Waals surface area (Å²) in [6.45, 7) is 0.428. The van der Waals surface area contributed by atoms with Crippen molar-refractivity contribution in [1.29, 1.82) is 0 Å². The molecule has 0 aromatic rings. The number of amides is 1. The topological polar surface area (TPSA) is 94.9 Å². The van der Waals surface area contributed by atoms with Gasteiger partial charge in [-0.05, 0) is 6.42 Å². The first-order valence-corrected chi connectivity index (χ1v) is 5.77. The second kappa shape index (κ2) is 5.94. The molecule has 0 unspecified atom stereocenters. The third kappa shape index (κ3) is 6.81. The zero-order valence-corrected chi connectivity index (χ0v) is 8.83. The standard InChI is InChI=1S/C5H9NO.C2H6O4S/c1-6-4-2-3-5(6)7;3-1-2-7(4,5)6/h2-4H2,1H3;3H,1-2H2,(H,4,5,6). The molecule has 84 valence electrons. The molecule has 0 aromatic heterocycles. The molecule has 1 aliphatic heterocycles. The summed E-state index contributed by atoms with van der Waals surface area (Å²) < 4.78 is 27.1. The van der Waals surface area contributed by atoms with Crippen LogP contribution in [-0.2, 0) is 14.9 Å². The average molecular weight is 225 g/mol. The van der Waals surface area contributed by atoms with Gasteiger partial charge < -0.3 is 10.0 Å². The van der Waals surface area contributed by atoms with Gasteiger partial charge in [-0.2, -0.15) is 8.42 Å².